The maximum atomic E-state index is 12.9. The van der Waals surface area contributed by atoms with Crippen LogP contribution in [0.4, 0.5) is 0 Å². The summed E-state index contributed by atoms with van der Waals surface area (Å²) < 4.78 is 27.5. The molecule has 4 rings (SSSR count). The monoisotopic (exact) mass is 379 g/mol. The zero-order valence-corrected chi connectivity index (χ0v) is 16.0. The summed E-state index contributed by atoms with van der Waals surface area (Å²) in [7, 11) is -3.24. The molecule has 3 atom stereocenters. The highest BCUT2D eigenvalue weighted by molar-refractivity contribution is 7.89. The SMILES string of the molecule is NCCCS(=O)(=O)N1CCC[C@H]2CN3CCc4cc(O)ccc4[C@@H]3C[C@H]21. The molecule has 0 aliphatic carbocycles. The Morgan fingerprint density at radius 3 is 2.92 bits per heavy atom. The van der Waals surface area contributed by atoms with Gasteiger partial charge in [0.25, 0.3) is 0 Å². The molecule has 0 unspecified atom stereocenters. The Balaban J connectivity index is 1.61. The molecule has 7 heteroatoms. The van der Waals surface area contributed by atoms with Crippen molar-refractivity contribution >= 4 is 10.0 Å². The van der Waals surface area contributed by atoms with Gasteiger partial charge >= 0.3 is 0 Å². The van der Waals surface area contributed by atoms with E-state index in [1.165, 1.54) is 11.1 Å². The fourth-order valence-electron chi connectivity index (χ4n) is 5.13. The van der Waals surface area contributed by atoms with Crippen molar-refractivity contribution in [2.24, 2.45) is 11.7 Å². The van der Waals surface area contributed by atoms with E-state index in [1.54, 1.807) is 10.4 Å². The second-order valence-electron chi connectivity index (χ2n) is 7.92. The van der Waals surface area contributed by atoms with E-state index in [9.17, 15) is 13.5 Å². The van der Waals surface area contributed by atoms with Crippen LogP contribution in [0.25, 0.3) is 0 Å². The zero-order valence-electron chi connectivity index (χ0n) is 15.2. The van der Waals surface area contributed by atoms with Crippen molar-refractivity contribution in [1.29, 1.82) is 0 Å². The number of rotatable bonds is 4. The third-order valence-electron chi connectivity index (χ3n) is 6.36. The van der Waals surface area contributed by atoms with Gasteiger partial charge in [-0.15, -0.1) is 0 Å². The minimum Gasteiger partial charge on any atom is -0.508 e. The average Bonchev–Trinajstić information content (AvgIpc) is 2.64. The molecule has 0 radical (unpaired) electrons. The van der Waals surface area contributed by atoms with Gasteiger partial charge in [0.2, 0.25) is 10.0 Å². The number of hydrogen-bond donors (Lipinski definition) is 2. The van der Waals surface area contributed by atoms with Crippen molar-refractivity contribution in [2.75, 3.05) is 31.9 Å². The first-order valence-electron chi connectivity index (χ1n) is 9.75. The van der Waals surface area contributed by atoms with Crippen molar-refractivity contribution in [1.82, 2.24) is 9.21 Å². The molecule has 2 saturated heterocycles. The first kappa shape index (κ1) is 18.2. The summed E-state index contributed by atoms with van der Waals surface area (Å²) >= 11 is 0. The first-order chi connectivity index (χ1) is 12.5. The van der Waals surface area contributed by atoms with Crippen LogP contribution in [0, 0.1) is 5.92 Å². The maximum absolute atomic E-state index is 12.9. The van der Waals surface area contributed by atoms with E-state index in [0.717, 1.165) is 38.8 Å². The lowest BCUT2D eigenvalue weighted by atomic mass is 9.77. The average molecular weight is 380 g/mol. The number of fused-ring (bicyclic) bond motifs is 4. The number of nitrogens with zero attached hydrogens (tertiary/aromatic N) is 2. The summed E-state index contributed by atoms with van der Waals surface area (Å²) in [5, 5.41) is 9.79. The molecular formula is C19H29N3O3S. The van der Waals surface area contributed by atoms with Crippen LogP contribution < -0.4 is 5.73 Å². The molecule has 3 heterocycles. The molecule has 1 aromatic rings. The van der Waals surface area contributed by atoms with Gasteiger partial charge in [-0.05, 0) is 67.8 Å². The van der Waals surface area contributed by atoms with E-state index >= 15 is 0 Å². The van der Waals surface area contributed by atoms with Crippen molar-refractivity contribution in [2.45, 2.75) is 44.2 Å². The Labute approximate surface area is 156 Å². The highest BCUT2D eigenvalue weighted by Gasteiger charge is 2.45. The number of nitrogens with two attached hydrogens (primary N) is 1. The van der Waals surface area contributed by atoms with Crippen molar-refractivity contribution in [3.8, 4) is 5.75 Å². The smallest absolute Gasteiger partial charge is 0.214 e. The van der Waals surface area contributed by atoms with E-state index in [4.69, 9.17) is 5.73 Å². The summed E-state index contributed by atoms with van der Waals surface area (Å²) in [5.74, 6) is 0.895. The predicted octanol–water partition coefficient (Wildman–Crippen LogP) is 1.45. The lowest BCUT2D eigenvalue weighted by molar-refractivity contribution is 0.0219. The Bertz CT molecular complexity index is 767. The molecule has 26 heavy (non-hydrogen) atoms. The molecule has 3 aliphatic heterocycles. The summed E-state index contributed by atoms with van der Waals surface area (Å²) in [6.07, 6.45) is 4.39. The number of benzene rings is 1. The van der Waals surface area contributed by atoms with E-state index in [2.05, 4.69) is 4.90 Å². The Morgan fingerprint density at radius 2 is 2.12 bits per heavy atom. The van der Waals surface area contributed by atoms with E-state index < -0.39 is 10.0 Å². The zero-order chi connectivity index (χ0) is 18.3. The molecule has 0 amide bonds. The highest BCUT2D eigenvalue weighted by Crippen LogP contribution is 2.44. The molecule has 3 N–H and O–H groups in total. The second-order valence-corrected chi connectivity index (χ2v) is 9.96. The van der Waals surface area contributed by atoms with Gasteiger partial charge in [-0.25, -0.2) is 8.42 Å². The van der Waals surface area contributed by atoms with Crippen LogP contribution in [-0.2, 0) is 16.4 Å². The molecule has 144 valence electrons. The van der Waals surface area contributed by atoms with E-state index in [-0.39, 0.29) is 17.8 Å². The van der Waals surface area contributed by atoms with E-state index in [0.29, 0.717) is 31.2 Å². The molecular weight excluding hydrogens is 350 g/mol. The van der Waals surface area contributed by atoms with Gasteiger partial charge in [0.1, 0.15) is 5.75 Å². The molecule has 6 nitrogen and oxygen atoms in total. The number of hydrogen-bond acceptors (Lipinski definition) is 5. The van der Waals surface area contributed by atoms with Crippen molar-refractivity contribution in [3.05, 3.63) is 29.3 Å². The standard InChI is InChI=1S/C19H29N3O3S/c20-7-2-10-26(24,25)22-8-1-3-15-13-21-9-6-14-11-16(23)4-5-17(14)19(21)12-18(15)22/h4-5,11,15,18-19,23H,1-3,6-10,12-13,20H2/t15-,18+,19-/m0/s1. The Kier molecular flexibility index (Phi) is 4.98. The Morgan fingerprint density at radius 1 is 1.27 bits per heavy atom. The predicted molar refractivity (Wildman–Crippen MR) is 101 cm³/mol. The highest BCUT2D eigenvalue weighted by atomic mass is 32.2. The maximum Gasteiger partial charge on any atom is 0.214 e. The normalized spacial score (nSPS) is 29.7. The van der Waals surface area contributed by atoms with Crippen LogP contribution in [0.5, 0.6) is 5.75 Å². The largest absolute Gasteiger partial charge is 0.508 e. The van der Waals surface area contributed by atoms with Crippen molar-refractivity contribution in [3.63, 3.8) is 0 Å². The number of sulfonamides is 1. The van der Waals surface area contributed by atoms with Gasteiger partial charge in [-0.3, -0.25) is 4.90 Å². The van der Waals surface area contributed by atoms with Gasteiger partial charge in [-0.2, -0.15) is 4.31 Å². The molecule has 0 aromatic heterocycles. The summed E-state index contributed by atoms with van der Waals surface area (Å²) in [6.45, 7) is 3.01. The molecule has 0 saturated carbocycles. The summed E-state index contributed by atoms with van der Waals surface area (Å²) in [5.41, 5.74) is 8.01. The molecule has 1 aromatic carbocycles. The quantitative estimate of drug-likeness (QED) is 0.827. The molecule has 3 aliphatic rings. The van der Waals surface area contributed by atoms with Crippen LogP contribution in [0.2, 0.25) is 0 Å². The van der Waals surface area contributed by atoms with Crippen molar-refractivity contribution < 1.29 is 13.5 Å². The fourth-order valence-corrected chi connectivity index (χ4v) is 6.97. The third kappa shape index (κ3) is 3.26. The minimum absolute atomic E-state index is 0.0903. The van der Waals surface area contributed by atoms with Crippen LogP contribution in [0.3, 0.4) is 0 Å². The lowest BCUT2D eigenvalue weighted by Gasteiger charge is -2.51. The van der Waals surface area contributed by atoms with Gasteiger partial charge < -0.3 is 10.8 Å². The first-order valence-corrected chi connectivity index (χ1v) is 11.4. The fraction of sp³-hybridized carbons (Fsp3) is 0.684. The van der Waals surface area contributed by atoms with E-state index in [1.807, 2.05) is 12.1 Å². The Hall–Kier alpha value is -1.15. The van der Waals surface area contributed by atoms with Gasteiger partial charge in [-0.1, -0.05) is 6.07 Å². The number of piperidine rings is 2. The summed E-state index contributed by atoms with van der Waals surface area (Å²) in [4.78, 5) is 2.52. The van der Waals surface area contributed by atoms with Gasteiger partial charge in [0, 0.05) is 31.7 Å². The van der Waals surface area contributed by atoms with Crippen LogP contribution >= 0.6 is 0 Å². The molecule has 2 fully saturated rings. The van der Waals surface area contributed by atoms with Crippen LogP contribution in [0.15, 0.2) is 18.2 Å². The van der Waals surface area contributed by atoms with Gasteiger partial charge in [0.15, 0.2) is 0 Å². The minimum atomic E-state index is -3.24. The van der Waals surface area contributed by atoms with Crippen LogP contribution in [0.1, 0.15) is 42.9 Å². The number of phenolic OH excluding ortho intramolecular Hbond substituents is 1. The number of aromatic hydroxyl groups is 1. The molecule has 0 spiro atoms. The lowest BCUT2D eigenvalue weighted by Crippen LogP contribution is -2.57. The van der Waals surface area contributed by atoms with Gasteiger partial charge in [0.05, 0.1) is 5.75 Å². The summed E-state index contributed by atoms with van der Waals surface area (Å²) in [6, 6.07) is 6.00. The molecule has 0 bridgehead atoms. The third-order valence-corrected chi connectivity index (χ3v) is 8.33. The number of phenols is 1. The van der Waals surface area contributed by atoms with Crippen LogP contribution in [-0.4, -0.2) is 60.7 Å². The topological polar surface area (TPSA) is 86.9 Å². The second kappa shape index (κ2) is 7.11.